The maximum atomic E-state index is 11.9. The van der Waals surface area contributed by atoms with Crippen molar-refractivity contribution in [1.29, 1.82) is 0 Å². The lowest BCUT2D eigenvalue weighted by Crippen LogP contribution is -2.29. The topological polar surface area (TPSA) is 58.2 Å². The lowest BCUT2D eigenvalue weighted by atomic mass is 10.2. The normalized spacial score (nSPS) is 10.2. The monoisotopic (exact) mass is 356 g/mol. The summed E-state index contributed by atoms with van der Waals surface area (Å²) >= 11 is 17.8. The molecule has 0 atom stereocenters. The summed E-state index contributed by atoms with van der Waals surface area (Å²) in [7, 11) is 0. The Morgan fingerprint density at radius 2 is 1.45 bits per heavy atom. The van der Waals surface area contributed by atoms with E-state index in [4.69, 9.17) is 34.8 Å². The Morgan fingerprint density at radius 1 is 0.864 bits per heavy atom. The number of halogens is 3. The highest BCUT2D eigenvalue weighted by Gasteiger charge is 2.17. The van der Waals surface area contributed by atoms with Gasteiger partial charge in [-0.15, -0.1) is 0 Å². The van der Waals surface area contributed by atoms with E-state index in [1.165, 1.54) is 0 Å². The van der Waals surface area contributed by atoms with Crippen molar-refractivity contribution < 1.29 is 9.59 Å². The van der Waals surface area contributed by atoms with Crippen molar-refractivity contribution >= 4 is 58.0 Å². The van der Waals surface area contributed by atoms with Gasteiger partial charge in [0, 0.05) is 10.7 Å². The van der Waals surface area contributed by atoms with E-state index in [9.17, 15) is 9.59 Å². The summed E-state index contributed by atoms with van der Waals surface area (Å²) in [6.45, 7) is 1.83. The van der Waals surface area contributed by atoms with Crippen LogP contribution < -0.4 is 10.6 Å². The molecule has 0 fully saturated rings. The average molecular weight is 358 g/mol. The van der Waals surface area contributed by atoms with Gasteiger partial charge in [-0.3, -0.25) is 9.59 Å². The van der Waals surface area contributed by atoms with Crippen molar-refractivity contribution in [2.45, 2.75) is 6.92 Å². The maximum absolute atomic E-state index is 11.9. The number of carbonyl (C=O) groups is 2. The lowest BCUT2D eigenvalue weighted by Gasteiger charge is -2.10. The molecule has 0 unspecified atom stereocenters. The van der Waals surface area contributed by atoms with Crippen molar-refractivity contribution in [2.24, 2.45) is 0 Å². The van der Waals surface area contributed by atoms with Gasteiger partial charge >= 0.3 is 11.8 Å². The standard InChI is InChI=1S/C15H11Cl3N2O2/c1-8-5-6-9(7-12(8)18)19-14(21)15(22)20-13-10(16)3-2-4-11(13)17/h2-7H,1H3,(H,19,21)(H,20,22). The Balaban J connectivity index is 2.09. The number of para-hydroxylation sites is 1. The Morgan fingerprint density at radius 3 is 2.05 bits per heavy atom. The molecule has 2 aromatic carbocycles. The molecule has 22 heavy (non-hydrogen) atoms. The molecule has 114 valence electrons. The number of carbonyl (C=O) groups excluding carboxylic acids is 2. The van der Waals surface area contributed by atoms with Crippen LogP contribution >= 0.6 is 34.8 Å². The zero-order valence-corrected chi connectivity index (χ0v) is 13.7. The molecular weight excluding hydrogens is 347 g/mol. The maximum Gasteiger partial charge on any atom is 0.314 e. The number of hydrogen-bond donors (Lipinski definition) is 2. The van der Waals surface area contributed by atoms with Crippen LogP contribution in [0.2, 0.25) is 15.1 Å². The second-order valence-corrected chi connectivity index (χ2v) is 5.69. The Bertz CT molecular complexity index is 727. The van der Waals surface area contributed by atoms with Gasteiger partial charge in [0.2, 0.25) is 0 Å². The van der Waals surface area contributed by atoms with Crippen LogP contribution in [0.15, 0.2) is 36.4 Å². The molecule has 0 saturated carbocycles. The van der Waals surface area contributed by atoms with Gasteiger partial charge in [0.1, 0.15) is 0 Å². The fourth-order valence-corrected chi connectivity index (χ4v) is 2.32. The number of rotatable bonds is 2. The predicted octanol–water partition coefficient (Wildman–Crippen LogP) is 4.53. The van der Waals surface area contributed by atoms with Crippen LogP contribution in [0.1, 0.15) is 5.56 Å². The van der Waals surface area contributed by atoms with Gasteiger partial charge < -0.3 is 10.6 Å². The van der Waals surface area contributed by atoms with Crippen LogP contribution in [-0.4, -0.2) is 11.8 Å². The molecule has 0 spiro atoms. The first-order valence-corrected chi connectivity index (χ1v) is 7.34. The van der Waals surface area contributed by atoms with Crippen molar-refractivity contribution in [3.05, 3.63) is 57.0 Å². The Hall–Kier alpha value is -1.75. The molecule has 7 heteroatoms. The Kier molecular flexibility index (Phi) is 5.29. The second-order valence-electron chi connectivity index (χ2n) is 4.47. The van der Waals surface area contributed by atoms with E-state index >= 15 is 0 Å². The van der Waals surface area contributed by atoms with Gasteiger partial charge in [-0.05, 0) is 36.8 Å². The molecular formula is C15H11Cl3N2O2. The first kappa shape index (κ1) is 16.6. The van der Waals surface area contributed by atoms with E-state index in [0.29, 0.717) is 10.7 Å². The third kappa shape index (κ3) is 3.91. The van der Waals surface area contributed by atoms with E-state index in [2.05, 4.69) is 10.6 Å². The highest BCUT2D eigenvalue weighted by molar-refractivity contribution is 6.46. The van der Waals surface area contributed by atoms with Crippen molar-refractivity contribution in [3.63, 3.8) is 0 Å². The van der Waals surface area contributed by atoms with Crippen molar-refractivity contribution in [3.8, 4) is 0 Å². The lowest BCUT2D eigenvalue weighted by molar-refractivity contribution is -0.132. The molecule has 0 radical (unpaired) electrons. The van der Waals surface area contributed by atoms with Gasteiger partial charge in [-0.1, -0.05) is 46.9 Å². The van der Waals surface area contributed by atoms with Gasteiger partial charge in [0.15, 0.2) is 0 Å². The third-order valence-corrected chi connectivity index (χ3v) is 3.87. The van der Waals surface area contributed by atoms with Gasteiger partial charge in [-0.25, -0.2) is 0 Å². The molecule has 0 aromatic heterocycles. The quantitative estimate of drug-likeness (QED) is 0.776. The molecule has 0 bridgehead atoms. The number of anilines is 2. The van der Waals surface area contributed by atoms with Crippen molar-refractivity contribution in [2.75, 3.05) is 10.6 Å². The molecule has 2 rings (SSSR count). The predicted molar refractivity (Wildman–Crippen MR) is 89.9 cm³/mol. The SMILES string of the molecule is Cc1ccc(NC(=O)C(=O)Nc2c(Cl)cccc2Cl)cc1Cl. The van der Waals surface area contributed by atoms with E-state index in [0.717, 1.165) is 5.56 Å². The molecule has 0 saturated heterocycles. The highest BCUT2D eigenvalue weighted by atomic mass is 35.5. The fourth-order valence-electron chi connectivity index (χ4n) is 1.65. The van der Waals surface area contributed by atoms with Crippen LogP contribution in [0.25, 0.3) is 0 Å². The van der Waals surface area contributed by atoms with E-state index in [-0.39, 0.29) is 15.7 Å². The molecule has 2 aromatic rings. The van der Waals surface area contributed by atoms with Crippen LogP contribution in [0.4, 0.5) is 11.4 Å². The van der Waals surface area contributed by atoms with Gasteiger partial charge in [0.05, 0.1) is 15.7 Å². The van der Waals surface area contributed by atoms with Gasteiger partial charge in [-0.2, -0.15) is 0 Å². The summed E-state index contributed by atoms with van der Waals surface area (Å²) in [4.78, 5) is 23.8. The minimum Gasteiger partial charge on any atom is -0.318 e. The molecule has 0 aliphatic rings. The molecule has 4 nitrogen and oxygen atoms in total. The number of nitrogens with one attached hydrogen (secondary N) is 2. The van der Waals surface area contributed by atoms with Crippen molar-refractivity contribution in [1.82, 2.24) is 0 Å². The molecule has 2 amide bonds. The fraction of sp³-hybridized carbons (Fsp3) is 0.0667. The summed E-state index contributed by atoms with van der Waals surface area (Å²) in [5, 5.41) is 5.80. The molecule has 0 heterocycles. The van der Waals surface area contributed by atoms with Crippen LogP contribution in [0.5, 0.6) is 0 Å². The molecule has 2 N–H and O–H groups in total. The molecule has 0 aliphatic carbocycles. The zero-order valence-electron chi connectivity index (χ0n) is 11.4. The van der Waals surface area contributed by atoms with E-state index in [1.54, 1.807) is 36.4 Å². The van der Waals surface area contributed by atoms with Crippen LogP contribution in [0, 0.1) is 6.92 Å². The Labute approximate surface area is 142 Å². The number of hydrogen-bond acceptors (Lipinski definition) is 2. The summed E-state index contributed by atoms with van der Waals surface area (Å²) in [6, 6.07) is 9.69. The third-order valence-electron chi connectivity index (χ3n) is 2.84. The molecule has 0 aliphatic heterocycles. The number of aryl methyl sites for hydroxylation is 1. The first-order valence-electron chi connectivity index (χ1n) is 6.21. The average Bonchev–Trinajstić information content (AvgIpc) is 2.46. The highest BCUT2D eigenvalue weighted by Crippen LogP contribution is 2.29. The summed E-state index contributed by atoms with van der Waals surface area (Å²) in [5.41, 5.74) is 1.47. The minimum absolute atomic E-state index is 0.188. The van der Waals surface area contributed by atoms with E-state index in [1.807, 2.05) is 6.92 Å². The second kappa shape index (κ2) is 7.01. The summed E-state index contributed by atoms with van der Waals surface area (Å²) < 4.78 is 0. The largest absolute Gasteiger partial charge is 0.318 e. The van der Waals surface area contributed by atoms with E-state index < -0.39 is 11.8 Å². The van der Waals surface area contributed by atoms with Crippen LogP contribution in [0.3, 0.4) is 0 Å². The zero-order chi connectivity index (χ0) is 16.3. The number of amides is 2. The first-order chi connectivity index (χ1) is 10.4. The summed E-state index contributed by atoms with van der Waals surface area (Å²) in [6.07, 6.45) is 0. The van der Waals surface area contributed by atoms with Crippen LogP contribution in [-0.2, 0) is 9.59 Å². The smallest absolute Gasteiger partial charge is 0.314 e. The van der Waals surface area contributed by atoms with Gasteiger partial charge in [0.25, 0.3) is 0 Å². The summed E-state index contributed by atoms with van der Waals surface area (Å²) in [5.74, 6) is -1.73. The minimum atomic E-state index is -0.883. The number of benzene rings is 2.